The molecule has 0 saturated carbocycles. The van der Waals surface area contributed by atoms with Crippen LogP contribution in [0.15, 0.2) is 17.7 Å². The molecule has 4 heteroatoms. The van der Waals surface area contributed by atoms with E-state index in [0.29, 0.717) is 0 Å². The summed E-state index contributed by atoms with van der Waals surface area (Å²) in [5, 5.41) is 3.51. The molecule has 0 aromatic carbocycles. The number of anilines is 2. The third-order valence-corrected chi connectivity index (χ3v) is 4.87. The maximum atomic E-state index is 4.77. The fourth-order valence-corrected chi connectivity index (χ4v) is 3.54. The summed E-state index contributed by atoms with van der Waals surface area (Å²) in [7, 11) is 0. The molecule has 1 N–H and O–H groups in total. The zero-order chi connectivity index (χ0) is 15.9. The quantitative estimate of drug-likeness (QED) is 0.814. The van der Waals surface area contributed by atoms with Gasteiger partial charge in [-0.05, 0) is 51.9 Å². The fraction of sp³-hybridized carbons (Fsp3) is 0.684. The van der Waals surface area contributed by atoms with E-state index in [9.17, 15) is 0 Å². The average Bonchev–Trinajstić information content (AvgIpc) is 2.85. The van der Waals surface area contributed by atoms with Gasteiger partial charge in [-0.1, -0.05) is 24.5 Å². The molecule has 23 heavy (non-hydrogen) atoms. The smallest absolute Gasteiger partial charge is 0.227 e. The molecule has 2 heterocycles. The van der Waals surface area contributed by atoms with Crippen molar-refractivity contribution in [3.8, 4) is 0 Å². The highest BCUT2D eigenvalue weighted by Crippen LogP contribution is 2.21. The molecule has 3 rings (SSSR count). The highest BCUT2D eigenvalue weighted by molar-refractivity contribution is 5.43. The summed E-state index contributed by atoms with van der Waals surface area (Å²) in [6.07, 6.45) is 14.0. The largest absolute Gasteiger partial charge is 0.370 e. The second kappa shape index (κ2) is 8.32. The topological polar surface area (TPSA) is 41.1 Å². The first-order valence-corrected chi connectivity index (χ1v) is 9.34. The van der Waals surface area contributed by atoms with Gasteiger partial charge in [-0.25, -0.2) is 4.98 Å². The molecular formula is C19H30N4. The van der Waals surface area contributed by atoms with Crippen LogP contribution in [0.2, 0.25) is 0 Å². The first-order valence-electron chi connectivity index (χ1n) is 9.34. The van der Waals surface area contributed by atoms with Gasteiger partial charge in [0, 0.05) is 31.4 Å². The maximum absolute atomic E-state index is 4.77. The van der Waals surface area contributed by atoms with Crippen LogP contribution < -0.4 is 10.2 Å². The first-order chi connectivity index (χ1) is 11.3. The van der Waals surface area contributed by atoms with Crippen molar-refractivity contribution in [2.24, 2.45) is 0 Å². The Morgan fingerprint density at radius 3 is 2.61 bits per heavy atom. The van der Waals surface area contributed by atoms with Crippen molar-refractivity contribution in [2.75, 3.05) is 29.9 Å². The van der Waals surface area contributed by atoms with Crippen LogP contribution in [0, 0.1) is 6.92 Å². The normalized spacial score (nSPS) is 19.2. The number of rotatable bonds is 5. The van der Waals surface area contributed by atoms with Crippen LogP contribution in [0.4, 0.5) is 11.8 Å². The predicted molar refractivity (Wildman–Crippen MR) is 97.1 cm³/mol. The molecule has 0 bridgehead atoms. The van der Waals surface area contributed by atoms with Crippen LogP contribution in [0.3, 0.4) is 0 Å². The number of aryl methyl sites for hydroxylation is 1. The Balaban J connectivity index is 1.59. The summed E-state index contributed by atoms with van der Waals surface area (Å²) < 4.78 is 0. The number of allylic oxidation sites excluding steroid dienone is 1. The molecule has 1 fully saturated rings. The minimum absolute atomic E-state index is 0.909. The number of aromatic nitrogens is 2. The van der Waals surface area contributed by atoms with Crippen molar-refractivity contribution in [1.82, 2.24) is 9.97 Å². The SMILES string of the molecule is Cc1cc(NCCC2=CCCCC2)nc(N2CCCCCC2)n1. The summed E-state index contributed by atoms with van der Waals surface area (Å²) in [5.41, 5.74) is 2.67. The number of hydrogen-bond donors (Lipinski definition) is 1. The molecule has 2 aliphatic rings. The molecule has 1 aromatic rings. The van der Waals surface area contributed by atoms with E-state index in [-0.39, 0.29) is 0 Å². The van der Waals surface area contributed by atoms with Crippen LogP contribution in [0.25, 0.3) is 0 Å². The monoisotopic (exact) mass is 314 g/mol. The van der Waals surface area contributed by atoms with E-state index in [1.54, 1.807) is 5.57 Å². The number of hydrogen-bond acceptors (Lipinski definition) is 4. The average molecular weight is 314 g/mol. The minimum atomic E-state index is 0.909. The Kier molecular flexibility index (Phi) is 5.89. The van der Waals surface area contributed by atoms with Gasteiger partial charge in [0.1, 0.15) is 5.82 Å². The molecule has 0 spiro atoms. The first kappa shape index (κ1) is 16.3. The van der Waals surface area contributed by atoms with Crippen molar-refractivity contribution in [1.29, 1.82) is 0 Å². The second-order valence-electron chi connectivity index (χ2n) is 6.88. The molecule has 0 radical (unpaired) electrons. The van der Waals surface area contributed by atoms with E-state index < -0.39 is 0 Å². The lowest BCUT2D eigenvalue weighted by Crippen LogP contribution is -2.26. The van der Waals surface area contributed by atoms with Crippen molar-refractivity contribution in [3.05, 3.63) is 23.4 Å². The van der Waals surface area contributed by atoms with Gasteiger partial charge in [0.05, 0.1) is 0 Å². The Labute approximate surface area is 140 Å². The summed E-state index contributed by atoms with van der Waals surface area (Å²) in [4.78, 5) is 11.8. The van der Waals surface area contributed by atoms with Gasteiger partial charge < -0.3 is 10.2 Å². The van der Waals surface area contributed by atoms with E-state index >= 15 is 0 Å². The van der Waals surface area contributed by atoms with Gasteiger partial charge in [-0.15, -0.1) is 0 Å². The molecule has 0 atom stereocenters. The molecule has 1 saturated heterocycles. The van der Waals surface area contributed by atoms with Crippen molar-refractivity contribution < 1.29 is 0 Å². The van der Waals surface area contributed by atoms with Crippen LogP contribution in [0.1, 0.15) is 63.5 Å². The van der Waals surface area contributed by atoms with E-state index in [1.807, 2.05) is 0 Å². The predicted octanol–water partition coefficient (Wildman–Crippen LogP) is 4.47. The highest BCUT2D eigenvalue weighted by atomic mass is 15.3. The molecule has 1 aromatic heterocycles. The molecule has 1 aliphatic carbocycles. The standard InChI is InChI=1S/C19H30N4/c1-16-15-18(20-12-11-17-9-5-4-6-10-17)22-19(21-16)23-13-7-2-3-8-14-23/h9,15H,2-8,10-14H2,1H3,(H,20,21,22). The zero-order valence-corrected chi connectivity index (χ0v) is 14.5. The number of nitrogens with zero attached hydrogens (tertiary/aromatic N) is 3. The van der Waals surface area contributed by atoms with E-state index in [1.165, 1.54) is 51.4 Å². The van der Waals surface area contributed by atoms with E-state index in [2.05, 4.69) is 34.3 Å². The summed E-state index contributed by atoms with van der Waals surface area (Å²) in [6, 6.07) is 2.07. The van der Waals surface area contributed by atoms with Gasteiger partial charge >= 0.3 is 0 Å². The summed E-state index contributed by atoms with van der Waals surface area (Å²) in [6.45, 7) is 5.23. The van der Waals surface area contributed by atoms with Gasteiger partial charge in [0.15, 0.2) is 0 Å². The van der Waals surface area contributed by atoms with Crippen molar-refractivity contribution in [3.63, 3.8) is 0 Å². The molecule has 4 nitrogen and oxygen atoms in total. The van der Waals surface area contributed by atoms with Crippen LogP contribution >= 0.6 is 0 Å². The molecule has 126 valence electrons. The Morgan fingerprint density at radius 2 is 1.87 bits per heavy atom. The van der Waals surface area contributed by atoms with Crippen LogP contribution in [0.5, 0.6) is 0 Å². The second-order valence-corrected chi connectivity index (χ2v) is 6.88. The third-order valence-electron chi connectivity index (χ3n) is 4.87. The molecule has 0 amide bonds. The summed E-state index contributed by atoms with van der Waals surface area (Å²) in [5.74, 6) is 1.89. The van der Waals surface area contributed by atoms with Gasteiger partial charge in [-0.2, -0.15) is 4.98 Å². The lowest BCUT2D eigenvalue weighted by atomic mass is 9.97. The van der Waals surface area contributed by atoms with Gasteiger partial charge in [0.25, 0.3) is 0 Å². The van der Waals surface area contributed by atoms with Crippen LogP contribution in [-0.4, -0.2) is 29.6 Å². The Bertz CT molecular complexity index is 530. The molecule has 1 aliphatic heterocycles. The van der Waals surface area contributed by atoms with Gasteiger partial charge in [-0.3, -0.25) is 0 Å². The van der Waals surface area contributed by atoms with E-state index in [4.69, 9.17) is 4.98 Å². The minimum Gasteiger partial charge on any atom is -0.370 e. The highest BCUT2D eigenvalue weighted by Gasteiger charge is 2.13. The molecule has 0 unspecified atom stereocenters. The lowest BCUT2D eigenvalue weighted by molar-refractivity contribution is 0.679. The van der Waals surface area contributed by atoms with Crippen LogP contribution in [-0.2, 0) is 0 Å². The Hall–Kier alpha value is -1.58. The van der Waals surface area contributed by atoms with Crippen molar-refractivity contribution in [2.45, 2.75) is 64.7 Å². The summed E-state index contributed by atoms with van der Waals surface area (Å²) >= 11 is 0. The van der Waals surface area contributed by atoms with Crippen molar-refractivity contribution >= 4 is 11.8 Å². The fourth-order valence-electron chi connectivity index (χ4n) is 3.54. The Morgan fingerprint density at radius 1 is 1.04 bits per heavy atom. The third kappa shape index (κ3) is 4.95. The zero-order valence-electron chi connectivity index (χ0n) is 14.5. The van der Waals surface area contributed by atoms with Gasteiger partial charge in [0.2, 0.25) is 5.95 Å². The van der Waals surface area contributed by atoms with E-state index in [0.717, 1.165) is 43.5 Å². The number of nitrogens with one attached hydrogen (secondary N) is 1. The maximum Gasteiger partial charge on any atom is 0.227 e. The lowest BCUT2D eigenvalue weighted by Gasteiger charge is -2.21. The molecular weight excluding hydrogens is 284 g/mol.